The predicted octanol–water partition coefficient (Wildman–Crippen LogP) is 1.92. The molecule has 1 aromatic heterocycles. The van der Waals surface area contributed by atoms with Crippen LogP contribution in [0.2, 0.25) is 0 Å². The molecule has 2 fully saturated rings. The highest BCUT2D eigenvalue weighted by Gasteiger charge is 2.51. The molecule has 2 saturated heterocycles. The van der Waals surface area contributed by atoms with Gasteiger partial charge in [-0.15, -0.1) is 0 Å². The third kappa shape index (κ3) is 3.79. The molecule has 0 saturated carbocycles. The number of rotatable bonds is 5. The molecule has 2 aliphatic heterocycles. The Hall–Kier alpha value is -2.52. The number of nitrogens with zero attached hydrogens (tertiary/aromatic N) is 2. The van der Waals surface area contributed by atoms with E-state index >= 15 is 0 Å². The minimum atomic E-state index is -3.53. The number of hydrogen-bond donors (Lipinski definition) is 2. The van der Waals surface area contributed by atoms with E-state index in [0.717, 1.165) is 38.3 Å². The minimum Gasteiger partial charge on any atom is -0.364 e. The Morgan fingerprint density at radius 2 is 2.00 bits per heavy atom. The summed E-state index contributed by atoms with van der Waals surface area (Å²) >= 11 is 0. The van der Waals surface area contributed by atoms with Gasteiger partial charge >= 0.3 is 0 Å². The molecular formula is C21H25FN4O3S. The van der Waals surface area contributed by atoms with Gasteiger partial charge in [-0.3, -0.25) is 9.78 Å². The number of carbonyl (C=O) groups is 1. The van der Waals surface area contributed by atoms with Crippen molar-refractivity contribution in [2.75, 3.05) is 31.2 Å². The number of hydrogen-bond acceptors (Lipinski definition) is 6. The number of carbonyl (C=O) groups excluding carboxylic acids is 1. The maximum Gasteiger partial charge on any atom is 0.254 e. The lowest BCUT2D eigenvalue weighted by atomic mass is 9.91. The van der Waals surface area contributed by atoms with E-state index in [4.69, 9.17) is 0 Å². The Bertz CT molecular complexity index is 1040. The van der Waals surface area contributed by atoms with Crippen molar-refractivity contribution in [2.24, 2.45) is 0 Å². The van der Waals surface area contributed by atoms with Gasteiger partial charge < -0.3 is 15.5 Å². The molecule has 2 aliphatic rings. The van der Waals surface area contributed by atoms with Gasteiger partial charge in [-0.2, -0.15) is 0 Å². The number of aromatic nitrogens is 1. The van der Waals surface area contributed by atoms with Crippen LogP contribution in [0.5, 0.6) is 0 Å². The van der Waals surface area contributed by atoms with Crippen LogP contribution < -0.4 is 10.6 Å². The van der Waals surface area contributed by atoms with Gasteiger partial charge in [-0.25, -0.2) is 12.8 Å². The number of amides is 1. The average molecular weight is 433 g/mol. The molecule has 1 aromatic carbocycles. The second kappa shape index (κ2) is 7.96. The molecule has 2 N–H and O–H groups in total. The SMILES string of the molecule is CS(=O)(=O)c1ccc(NC2(c3ccccn3)CCN(C3CCNCC3)C2=O)c(F)c1. The maximum atomic E-state index is 14.8. The number of halogens is 1. The van der Waals surface area contributed by atoms with Crippen LogP contribution in [0.4, 0.5) is 10.1 Å². The van der Waals surface area contributed by atoms with E-state index in [1.165, 1.54) is 12.1 Å². The minimum absolute atomic E-state index is 0.0774. The number of piperidine rings is 1. The average Bonchev–Trinajstić information content (AvgIpc) is 3.07. The Labute approximate surface area is 175 Å². The van der Waals surface area contributed by atoms with Gasteiger partial charge in [-0.1, -0.05) is 6.07 Å². The van der Waals surface area contributed by atoms with E-state index in [0.29, 0.717) is 18.7 Å². The monoisotopic (exact) mass is 432 g/mol. The fourth-order valence-corrected chi connectivity index (χ4v) is 4.93. The molecule has 0 radical (unpaired) electrons. The summed E-state index contributed by atoms with van der Waals surface area (Å²) in [6.07, 6.45) is 4.84. The lowest BCUT2D eigenvalue weighted by molar-refractivity contribution is -0.134. The highest BCUT2D eigenvalue weighted by molar-refractivity contribution is 7.90. The van der Waals surface area contributed by atoms with Gasteiger partial charge in [-0.05, 0) is 56.3 Å². The highest BCUT2D eigenvalue weighted by Crippen LogP contribution is 2.38. The van der Waals surface area contributed by atoms with Gasteiger partial charge in [0.05, 0.1) is 16.3 Å². The molecule has 1 atom stereocenters. The summed E-state index contributed by atoms with van der Waals surface area (Å²) in [5, 5.41) is 6.40. The van der Waals surface area contributed by atoms with Crippen LogP contribution in [0.15, 0.2) is 47.5 Å². The van der Waals surface area contributed by atoms with Gasteiger partial charge in [0.1, 0.15) is 5.82 Å². The lowest BCUT2D eigenvalue weighted by Crippen LogP contribution is -2.50. The standard InChI is InChI=1S/C21H25FN4O3S/c1-30(28,29)16-5-6-18(17(22)14-16)25-21(19-4-2-3-10-24-19)9-13-26(20(21)27)15-7-11-23-12-8-15/h2-6,10,14-15,23,25H,7-9,11-13H2,1H3. The Morgan fingerprint density at radius 3 is 2.63 bits per heavy atom. The lowest BCUT2D eigenvalue weighted by Gasteiger charge is -2.34. The topological polar surface area (TPSA) is 91.4 Å². The summed E-state index contributed by atoms with van der Waals surface area (Å²) in [5.74, 6) is -0.846. The van der Waals surface area contributed by atoms with Gasteiger partial charge in [0.15, 0.2) is 15.4 Å². The van der Waals surface area contributed by atoms with E-state index in [1.807, 2.05) is 4.90 Å². The van der Waals surface area contributed by atoms with Crippen LogP contribution in [0, 0.1) is 5.82 Å². The Balaban J connectivity index is 1.71. The Morgan fingerprint density at radius 1 is 1.23 bits per heavy atom. The van der Waals surface area contributed by atoms with Crippen molar-refractivity contribution < 1.29 is 17.6 Å². The molecule has 3 heterocycles. The van der Waals surface area contributed by atoms with Gasteiger partial charge in [0.2, 0.25) is 0 Å². The predicted molar refractivity (Wildman–Crippen MR) is 111 cm³/mol. The van der Waals surface area contributed by atoms with Crippen molar-refractivity contribution in [2.45, 2.75) is 35.7 Å². The summed E-state index contributed by atoms with van der Waals surface area (Å²) < 4.78 is 38.3. The molecule has 0 aliphatic carbocycles. The Kier molecular flexibility index (Phi) is 5.50. The fourth-order valence-electron chi connectivity index (χ4n) is 4.30. The number of nitrogens with one attached hydrogen (secondary N) is 2. The van der Waals surface area contributed by atoms with Crippen LogP contribution in [0.25, 0.3) is 0 Å². The first kappa shape index (κ1) is 20.7. The number of sulfone groups is 1. The molecular weight excluding hydrogens is 407 g/mol. The molecule has 4 rings (SSSR count). The van der Waals surface area contributed by atoms with Crippen molar-refractivity contribution in [3.8, 4) is 0 Å². The van der Waals surface area contributed by atoms with E-state index in [-0.39, 0.29) is 22.5 Å². The van der Waals surface area contributed by atoms with E-state index in [9.17, 15) is 17.6 Å². The zero-order chi connectivity index (χ0) is 21.4. The summed E-state index contributed by atoms with van der Waals surface area (Å²) in [7, 11) is -3.53. The molecule has 1 unspecified atom stereocenters. The second-order valence-electron chi connectivity index (χ2n) is 7.89. The van der Waals surface area contributed by atoms with Crippen molar-refractivity contribution in [1.29, 1.82) is 0 Å². The molecule has 0 spiro atoms. The second-order valence-corrected chi connectivity index (χ2v) is 9.90. The zero-order valence-corrected chi connectivity index (χ0v) is 17.6. The molecule has 30 heavy (non-hydrogen) atoms. The molecule has 0 bridgehead atoms. The summed E-state index contributed by atoms with van der Waals surface area (Å²) in [6, 6.07) is 9.17. The largest absolute Gasteiger partial charge is 0.364 e. The normalized spacial score (nSPS) is 23.0. The number of pyridine rings is 1. The number of likely N-dealkylation sites (tertiary alicyclic amines) is 1. The van der Waals surface area contributed by atoms with Gasteiger partial charge in [0, 0.05) is 31.5 Å². The molecule has 7 nitrogen and oxygen atoms in total. The first-order chi connectivity index (χ1) is 14.3. The zero-order valence-electron chi connectivity index (χ0n) is 16.8. The van der Waals surface area contributed by atoms with Crippen LogP contribution >= 0.6 is 0 Å². The molecule has 9 heteroatoms. The first-order valence-electron chi connectivity index (χ1n) is 10.0. The maximum absolute atomic E-state index is 14.8. The van der Waals surface area contributed by atoms with Crippen molar-refractivity contribution in [3.63, 3.8) is 0 Å². The van der Waals surface area contributed by atoms with Gasteiger partial charge in [0.25, 0.3) is 5.91 Å². The fraction of sp³-hybridized carbons (Fsp3) is 0.429. The van der Waals surface area contributed by atoms with E-state index in [1.54, 1.807) is 24.4 Å². The smallest absolute Gasteiger partial charge is 0.254 e. The summed E-state index contributed by atoms with van der Waals surface area (Å²) in [4.78, 5) is 19.8. The number of anilines is 1. The van der Waals surface area contributed by atoms with Crippen LogP contribution in [-0.4, -0.2) is 56.1 Å². The van der Waals surface area contributed by atoms with Crippen LogP contribution in [0.3, 0.4) is 0 Å². The van der Waals surface area contributed by atoms with E-state index < -0.39 is 21.2 Å². The van der Waals surface area contributed by atoms with Crippen molar-refractivity contribution >= 4 is 21.4 Å². The third-order valence-corrected chi connectivity index (χ3v) is 7.03. The molecule has 1 amide bonds. The summed E-state index contributed by atoms with van der Waals surface area (Å²) in [6.45, 7) is 2.27. The van der Waals surface area contributed by atoms with Crippen molar-refractivity contribution in [1.82, 2.24) is 15.2 Å². The highest BCUT2D eigenvalue weighted by atomic mass is 32.2. The molecule has 160 valence electrons. The van der Waals surface area contributed by atoms with Crippen LogP contribution in [-0.2, 0) is 20.2 Å². The van der Waals surface area contributed by atoms with Crippen LogP contribution in [0.1, 0.15) is 25.0 Å². The summed E-state index contributed by atoms with van der Waals surface area (Å²) in [5.41, 5.74) is -0.592. The van der Waals surface area contributed by atoms with E-state index in [2.05, 4.69) is 15.6 Å². The quantitative estimate of drug-likeness (QED) is 0.750. The third-order valence-electron chi connectivity index (χ3n) is 5.92. The first-order valence-corrected chi connectivity index (χ1v) is 11.9. The molecule has 2 aromatic rings. The number of benzene rings is 1. The van der Waals surface area contributed by atoms with Crippen molar-refractivity contribution in [3.05, 3.63) is 54.1 Å².